The Morgan fingerprint density at radius 3 is 2.48 bits per heavy atom. The van der Waals surface area contributed by atoms with Crippen molar-refractivity contribution >= 4 is 23.2 Å². The van der Waals surface area contributed by atoms with Crippen LogP contribution in [-0.4, -0.2) is 18.3 Å². The van der Waals surface area contributed by atoms with Crippen LogP contribution in [0.2, 0.25) is 10.0 Å². The number of halogens is 2. The van der Waals surface area contributed by atoms with Crippen LogP contribution in [0.15, 0.2) is 39.7 Å². The molecule has 0 saturated heterocycles. The summed E-state index contributed by atoms with van der Waals surface area (Å²) >= 11 is 11.8. The monoisotopic (exact) mass is 330 g/mol. The van der Waals surface area contributed by atoms with E-state index in [1.807, 2.05) is 0 Å². The molecule has 1 aromatic carbocycles. The zero-order valence-corrected chi connectivity index (χ0v) is 12.4. The lowest BCUT2D eigenvalue weighted by Gasteiger charge is -2.09. The van der Waals surface area contributed by atoms with Crippen molar-refractivity contribution in [2.24, 2.45) is 0 Å². The molecule has 7 heteroatoms. The fourth-order valence-electron chi connectivity index (χ4n) is 1.52. The van der Waals surface area contributed by atoms with E-state index < -0.39 is 0 Å². The lowest BCUT2D eigenvalue weighted by atomic mass is 10.3. The van der Waals surface area contributed by atoms with E-state index >= 15 is 0 Å². The fraction of sp³-hybridized carbons (Fsp3) is 0.214. The number of aliphatic hydroxyl groups is 1. The number of hydrogen-bond acceptors (Lipinski definition) is 5. The van der Waals surface area contributed by atoms with Crippen LogP contribution >= 0.6 is 23.2 Å². The molecule has 0 saturated carbocycles. The van der Waals surface area contributed by atoms with E-state index in [1.54, 1.807) is 18.2 Å². The second-order valence-electron chi connectivity index (χ2n) is 4.00. The van der Waals surface area contributed by atoms with Crippen LogP contribution in [0.5, 0.6) is 11.5 Å². The van der Waals surface area contributed by atoms with Crippen molar-refractivity contribution in [2.75, 3.05) is 13.2 Å². The number of benzene rings is 1. The van der Waals surface area contributed by atoms with Crippen molar-refractivity contribution in [3.05, 3.63) is 56.6 Å². The Balaban J connectivity index is 1.87. The second kappa shape index (κ2) is 7.36. The Morgan fingerprint density at radius 2 is 1.81 bits per heavy atom. The van der Waals surface area contributed by atoms with Crippen LogP contribution in [0.4, 0.5) is 0 Å². The minimum absolute atomic E-state index is 0.0491. The average Bonchev–Trinajstić information content (AvgIpc) is 2.48. The highest BCUT2D eigenvalue weighted by Crippen LogP contribution is 2.27. The molecular weight excluding hydrogens is 319 g/mol. The van der Waals surface area contributed by atoms with Crippen LogP contribution in [0, 0.1) is 0 Å². The van der Waals surface area contributed by atoms with Crippen LogP contribution in [0.1, 0.15) is 5.76 Å². The van der Waals surface area contributed by atoms with E-state index in [1.165, 1.54) is 6.07 Å². The van der Waals surface area contributed by atoms with E-state index in [4.69, 9.17) is 42.2 Å². The van der Waals surface area contributed by atoms with Gasteiger partial charge in [-0.1, -0.05) is 23.2 Å². The molecule has 0 unspecified atom stereocenters. The first-order valence-electron chi connectivity index (χ1n) is 6.03. The zero-order chi connectivity index (χ0) is 15.2. The second-order valence-corrected chi connectivity index (χ2v) is 4.85. The number of aliphatic hydroxyl groups excluding tert-OH is 1. The number of ether oxygens (including phenoxy) is 2. The molecule has 0 bridgehead atoms. The van der Waals surface area contributed by atoms with Crippen LogP contribution in [0.25, 0.3) is 0 Å². The molecule has 1 N–H and O–H groups in total. The van der Waals surface area contributed by atoms with E-state index in [2.05, 4.69) is 0 Å². The van der Waals surface area contributed by atoms with Gasteiger partial charge in [0.15, 0.2) is 0 Å². The summed E-state index contributed by atoms with van der Waals surface area (Å²) in [6.07, 6.45) is 1.15. The molecule has 0 aliphatic heterocycles. The first kappa shape index (κ1) is 15.7. The predicted octanol–water partition coefficient (Wildman–Crippen LogP) is 2.90. The molecule has 112 valence electrons. The summed E-state index contributed by atoms with van der Waals surface area (Å²) in [6.45, 7) is -0.0285. The SMILES string of the molecule is O=c1cc(CO)occ1OCCOc1cc(Cl)ccc1Cl. The third-order valence-electron chi connectivity index (χ3n) is 2.50. The van der Waals surface area contributed by atoms with Gasteiger partial charge in [-0.25, -0.2) is 0 Å². The summed E-state index contributed by atoms with van der Waals surface area (Å²) in [5.41, 5.74) is -0.369. The zero-order valence-electron chi connectivity index (χ0n) is 10.8. The van der Waals surface area contributed by atoms with E-state index in [-0.39, 0.29) is 36.8 Å². The molecule has 0 radical (unpaired) electrons. The van der Waals surface area contributed by atoms with E-state index in [9.17, 15) is 4.79 Å². The summed E-state index contributed by atoms with van der Waals surface area (Å²) in [4.78, 5) is 11.6. The molecule has 0 fully saturated rings. The Morgan fingerprint density at radius 1 is 1.10 bits per heavy atom. The van der Waals surface area contributed by atoms with Gasteiger partial charge in [0, 0.05) is 17.2 Å². The van der Waals surface area contributed by atoms with Gasteiger partial charge in [-0.05, 0) is 12.1 Å². The van der Waals surface area contributed by atoms with Gasteiger partial charge in [-0.3, -0.25) is 4.79 Å². The summed E-state index contributed by atoms with van der Waals surface area (Å²) in [7, 11) is 0. The van der Waals surface area contributed by atoms with Crippen LogP contribution in [0.3, 0.4) is 0 Å². The molecule has 0 aliphatic rings. The lowest BCUT2D eigenvalue weighted by molar-refractivity contribution is 0.207. The van der Waals surface area contributed by atoms with Gasteiger partial charge in [0.05, 0.1) is 5.02 Å². The topological polar surface area (TPSA) is 68.9 Å². The van der Waals surface area contributed by atoms with Crippen molar-refractivity contribution < 1.29 is 19.0 Å². The molecule has 0 spiro atoms. The maximum absolute atomic E-state index is 11.6. The Labute approximate surface area is 130 Å². The van der Waals surface area contributed by atoms with Crippen LogP contribution < -0.4 is 14.9 Å². The highest BCUT2D eigenvalue weighted by molar-refractivity contribution is 6.34. The molecule has 1 heterocycles. The minimum Gasteiger partial charge on any atom is -0.488 e. The Kier molecular flexibility index (Phi) is 5.50. The van der Waals surface area contributed by atoms with Gasteiger partial charge in [0.1, 0.15) is 37.6 Å². The van der Waals surface area contributed by atoms with Crippen LogP contribution in [-0.2, 0) is 6.61 Å². The van der Waals surface area contributed by atoms with Gasteiger partial charge >= 0.3 is 0 Å². The normalized spacial score (nSPS) is 10.4. The molecule has 5 nitrogen and oxygen atoms in total. The number of rotatable bonds is 6. The van der Waals surface area contributed by atoms with Crippen molar-refractivity contribution in [3.63, 3.8) is 0 Å². The summed E-state index contributed by atoms with van der Waals surface area (Å²) in [5.74, 6) is 0.665. The van der Waals surface area contributed by atoms with Gasteiger partial charge in [-0.15, -0.1) is 0 Å². The Hall–Kier alpha value is -1.69. The Bertz CT molecular complexity index is 669. The fourth-order valence-corrected chi connectivity index (χ4v) is 1.85. The third kappa shape index (κ3) is 4.39. The predicted molar refractivity (Wildman–Crippen MR) is 78.4 cm³/mol. The third-order valence-corrected chi connectivity index (χ3v) is 3.05. The smallest absolute Gasteiger partial charge is 0.227 e. The van der Waals surface area contributed by atoms with Gasteiger partial charge in [-0.2, -0.15) is 0 Å². The van der Waals surface area contributed by atoms with Gasteiger partial charge in [0.2, 0.25) is 11.2 Å². The molecule has 2 rings (SSSR count). The first-order valence-corrected chi connectivity index (χ1v) is 6.79. The summed E-state index contributed by atoms with van der Waals surface area (Å²) in [5, 5.41) is 9.77. The van der Waals surface area contributed by atoms with Crippen molar-refractivity contribution in [1.29, 1.82) is 0 Å². The maximum atomic E-state index is 11.6. The molecule has 0 atom stereocenters. The number of hydrogen-bond donors (Lipinski definition) is 1. The molecule has 21 heavy (non-hydrogen) atoms. The largest absolute Gasteiger partial charge is 0.488 e. The maximum Gasteiger partial charge on any atom is 0.227 e. The first-order chi connectivity index (χ1) is 10.1. The molecule has 0 amide bonds. The highest BCUT2D eigenvalue weighted by atomic mass is 35.5. The van der Waals surface area contributed by atoms with Gasteiger partial charge in [0.25, 0.3) is 0 Å². The van der Waals surface area contributed by atoms with Crippen molar-refractivity contribution in [1.82, 2.24) is 0 Å². The summed E-state index contributed by atoms with van der Waals surface area (Å²) in [6, 6.07) is 6.04. The van der Waals surface area contributed by atoms with E-state index in [0.717, 1.165) is 6.26 Å². The van der Waals surface area contributed by atoms with E-state index in [0.29, 0.717) is 15.8 Å². The van der Waals surface area contributed by atoms with Crippen molar-refractivity contribution in [2.45, 2.75) is 6.61 Å². The molecule has 2 aromatic rings. The molecular formula is C14H12Cl2O5. The molecule has 1 aromatic heterocycles. The molecule has 0 aliphatic carbocycles. The summed E-state index contributed by atoms with van der Waals surface area (Å²) < 4.78 is 15.6. The highest BCUT2D eigenvalue weighted by Gasteiger charge is 2.05. The van der Waals surface area contributed by atoms with Gasteiger partial charge < -0.3 is 19.0 Å². The van der Waals surface area contributed by atoms with Crippen molar-refractivity contribution in [3.8, 4) is 11.5 Å². The lowest BCUT2D eigenvalue weighted by Crippen LogP contribution is -2.14. The average molecular weight is 331 g/mol. The standard InChI is InChI=1S/C14H12Cl2O5/c15-9-1-2-11(16)13(5-9)19-3-4-20-14-8-21-10(7-17)6-12(14)18/h1-2,5-6,8,17H,3-4,7H2. The quantitative estimate of drug-likeness (QED) is 0.825. The minimum atomic E-state index is -0.369.